The summed E-state index contributed by atoms with van der Waals surface area (Å²) >= 11 is 0. The van der Waals surface area contributed by atoms with E-state index in [0.29, 0.717) is 17.1 Å². The van der Waals surface area contributed by atoms with Gasteiger partial charge in [0.15, 0.2) is 5.41 Å². The number of hydrogen-bond donors (Lipinski definition) is 0. The second kappa shape index (κ2) is 7.70. The molecule has 1 fully saturated rings. The minimum atomic E-state index is -1.64. The van der Waals surface area contributed by atoms with E-state index in [1.807, 2.05) is 41.3 Å². The van der Waals surface area contributed by atoms with Crippen molar-refractivity contribution in [1.82, 2.24) is 0 Å². The van der Waals surface area contributed by atoms with Crippen molar-refractivity contribution in [2.24, 2.45) is 5.41 Å². The van der Waals surface area contributed by atoms with Gasteiger partial charge in [0.1, 0.15) is 17.5 Å². The molecule has 0 bridgehead atoms. The molecule has 0 aliphatic carbocycles. The number of hydrogen-bond acceptors (Lipinski definition) is 7. The molecule has 4 rings (SSSR count). The van der Waals surface area contributed by atoms with Gasteiger partial charge in [-0.2, -0.15) is 10.5 Å². The predicted octanol–water partition coefficient (Wildman–Crippen LogP) is 3.28. The molecule has 4 unspecified atom stereocenters. The maximum absolute atomic E-state index is 13.2. The molecule has 0 amide bonds. The molecule has 1 saturated heterocycles. The zero-order valence-electron chi connectivity index (χ0n) is 17.4. The van der Waals surface area contributed by atoms with Gasteiger partial charge in [-0.1, -0.05) is 30.4 Å². The van der Waals surface area contributed by atoms with Crippen LogP contribution in [0.2, 0.25) is 0 Å². The normalized spacial score (nSPS) is 25.6. The number of anilines is 1. The molecule has 156 valence electrons. The van der Waals surface area contributed by atoms with E-state index in [9.17, 15) is 15.3 Å². The van der Waals surface area contributed by atoms with Crippen molar-refractivity contribution in [3.05, 3.63) is 59.7 Å². The molecule has 7 nitrogen and oxygen atoms in total. The van der Waals surface area contributed by atoms with Gasteiger partial charge in [-0.05, 0) is 29.3 Å². The largest absolute Gasteiger partial charge is 0.497 e. The van der Waals surface area contributed by atoms with Gasteiger partial charge in [0.2, 0.25) is 0 Å². The van der Waals surface area contributed by atoms with E-state index in [0.717, 1.165) is 11.3 Å². The molecule has 31 heavy (non-hydrogen) atoms. The second-order valence-corrected chi connectivity index (χ2v) is 7.44. The molecule has 0 spiro atoms. The monoisotopic (exact) mass is 415 g/mol. The molecule has 0 saturated carbocycles. The maximum Gasteiger partial charge on any atom is 0.329 e. The van der Waals surface area contributed by atoms with E-state index in [-0.39, 0.29) is 0 Å². The smallest absolute Gasteiger partial charge is 0.329 e. The molecule has 0 radical (unpaired) electrons. The molecule has 7 heteroatoms. The van der Waals surface area contributed by atoms with Crippen LogP contribution in [0.1, 0.15) is 17.0 Å². The molecule has 2 heterocycles. The summed E-state index contributed by atoms with van der Waals surface area (Å²) in [5.74, 6) is -0.481. The van der Waals surface area contributed by atoms with E-state index < -0.39 is 29.4 Å². The van der Waals surface area contributed by atoms with E-state index >= 15 is 0 Å². The quantitative estimate of drug-likeness (QED) is 0.707. The second-order valence-electron chi connectivity index (χ2n) is 7.44. The van der Waals surface area contributed by atoms with Crippen LogP contribution in [0.15, 0.2) is 48.5 Å². The summed E-state index contributed by atoms with van der Waals surface area (Å²) in [5.41, 5.74) is 0.660. The third kappa shape index (κ3) is 2.82. The van der Waals surface area contributed by atoms with Crippen LogP contribution in [-0.4, -0.2) is 39.4 Å². The summed E-state index contributed by atoms with van der Waals surface area (Å²) in [6, 6.07) is 15.9. The summed E-state index contributed by atoms with van der Waals surface area (Å²) in [4.78, 5) is 15.1. The number of nitrogens with zero attached hydrogens (tertiary/aromatic N) is 3. The summed E-state index contributed by atoms with van der Waals surface area (Å²) in [5, 5.41) is 20.7. The molecule has 2 aromatic carbocycles. The van der Waals surface area contributed by atoms with Gasteiger partial charge in [0.25, 0.3) is 0 Å². The number of carbonyl (C=O) groups excluding carboxylic acids is 1. The lowest BCUT2D eigenvalue weighted by Gasteiger charge is -2.35. The Kier molecular flexibility index (Phi) is 5.04. The predicted molar refractivity (Wildman–Crippen MR) is 113 cm³/mol. The van der Waals surface area contributed by atoms with Crippen LogP contribution < -0.4 is 14.4 Å². The molecule has 2 aliphatic heterocycles. The van der Waals surface area contributed by atoms with Crippen LogP contribution >= 0.6 is 0 Å². The number of nitriles is 2. The van der Waals surface area contributed by atoms with Gasteiger partial charge in [0, 0.05) is 17.7 Å². The first kappa shape index (κ1) is 20.3. The van der Waals surface area contributed by atoms with E-state index in [2.05, 4.69) is 12.1 Å². The van der Waals surface area contributed by atoms with Crippen LogP contribution in [0.5, 0.6) is 11.5 Å². The summed E-state index contributed by atoms with van der Waals surface area (Å²) < 4.78 is 15.9. The molecule has 0 N–H and O–H groups in total. The Labute approximate surface area is 180 Å². The standard InChI is InChI=1S/C24H21N3O4/c1-29-17-10-16(11-18(12-17)30-2)22-20(13-25)27-19-7-5-4-6-15(19)8-9-21(27)24(22,14-26)23(28)31-3/h4-12,20-22H,1-3H3. The van der Waals surface area contributed by atoms with Gasteiger partial charge in [-0.25, -0.2) is 0 Å². The molecular formula is C24H21N3O4. The SMILES string of the molecule is COC(=O)C1(C#N)C(c2cc(OC)cc(OC)c2)C(C#N)N2c3ccccc3C=CC21. The third-order valence-corrected chi connectivity index (χ3v) is 6.12. The molecule has 0 aromatic heterocycles. The van der Waals surface area contributed by atoms with E-state index in [1.54, 1.807) is 18.2 Å². The first-order valence-corrected chi connectivity index (χ1v) is 9.73. The average molecular weight is 415 g/mol. The van der Waals surface area contributed by atoms with Crippen LogP contribution in [0.4, 0.5) is 5.69 Å². The van der Waals surface area contributed by atoms with Crippen molar-refractivity contribution in [1.29, 1.82) is 10.5 Å². The van der Waals surface area contributed by atoms with Gasteiger partial charge in [-0.15, -0.1) is 0 Å². The van der Waals surface area contributed by atoms with Crippen molar-refractivity contribution in [3.63, 3.8) is 0 Å². The Morgan fingerprint density at radius 3 is 2.32 bits per heavy atom. The number of para-hydroxylation sites is 1. The van der Waals surface area contributed by atoms with Crippen molar-refractivity contribution in [3.8, 4) is 23.6 Å². The van der Waals surface area contributed by atoms with Gasteiger partial charge in [0.05, 0.1) is 39.5 Å². The highest BCUT2D eigenvalue weighted by Gasteiger charge is 2.66. The van der Waals surface area contributed by atoms with Crippen molar-refractivity contribution in [2.75, 3.05) is 26.2 Å². The summed E-state index contributed by atoms with van der Waals surface area (Å²) in [7, 11) is 4.30. The maximum atomic E-state index is 13.2. The number of rotatable bonds is 4. The first-order chi connectivity index (χ1) is 15.0. The summed E-state index contributed by atoms with van der Waals surface area (Å²) in [6.07, 6.45) is 3.69. The topological polar surface area (TPSA) is 95.6 Å². The van der Waals surface area contributed by atoms with Crippen LogP contribution in [-0.2, 0) is 9.53 Å². The van der Waals surface area contributed by atoms with E-state index in [1.165, 1.54) is 21.3 Å². The van der Waals surface area contributed by atoms with Crippen LogP contribution in [0.3, 0.4) is 0 Å². The van der Waals surface area contributed by atoms with Gasteiger partial charge in [-0.3, -0.25) is 4.79 Å². The minimum Gasteiger partial charge on any atom is -0.497 e. The van der Waals surface area contributed by atoms with Crippen molar-refractivity contribution < 1.29 is 19.0 Å². The Balaban J connectivity index is 2.02. The molecule has 2 aliphatic rings. The summed E-state index contributed by atoms with van der Waals surface area (Å²) in [6.45, 7) is 0. The number of ether oxygens (including phenoxy) is 3. The Morgan fingerprint density at radius 1 is 1.06 bits per heavy atom. The Bertz CT molecular complexity index is 1120. The highest BCUT2D eigenvalue weighted by Crippen LogP contribution is 2.56. The number of fused-ring (bicyclic) bond motifs is 3. The van der Waals surface area contributed by atoms with Gasteiger partial charge >= 0.3 is 5.97 Å². The Hall–Kier alpha value is -3.97. The Morgan fingerprint density at radius 2 is 1.74 bits per heavy atom. The molecular weight excluding hydrogens is 394 g/mol. The van der Waals surface area contributed by atoms with Crippen LogP contribution in [0.25, 0.3) is 6.08 Å². The highest BCUT2D eigenvalue weighted by atomic mass is 16.5. The van der Waals surface area contributed by atoms with Crippen molar-refractivity contribution >= 4 is 17.7 Å². The number of esters is 1. The minimum absolute atomic E-state index is 0.503. The number of benzene rings is 2. The lowest BCUT2D eigenvalue weighted by molar-refractivity contribution is -0.150. The molecule has 4 atom stereocenters. The van der Waals surface area contributed by atoms with Crippen LogP contribution in [0, 0.1) is 28.1 Å². The fourth-order valence-corrected chi connectivity index (χ4v) is 4.78. The lowest BCUT2D eigenvalue weighted by Crippen LogP contribution is -2.46. The first-order valence-electron chi connectivity index (χ1n) is 9.73. The zero-order valence-corrected chi connectivity index (χ0v) is 17.4. The number of carbonyl (C=O) groups is 1. The fraction of sp³-hybridized carbons (Fsp3) is 0.292. The molecule has 2 aromatic rings. The van der Waals surface area contributed by atoms with Crippen molar-refractivity contribution in [2.45, 2.75) is 18.0 Å². The third-order valence-electron chi connectivity index (χ3n) is 6.12. The zero-order chi connectivity index (χ0) is 22.2. The average Bonchev–Trinajstić information content (AvgIpc) is 3.13. The lowest BCUT2D eigenvalue weighted by atomic mass is 9.69. The van der Waals surface area contributed by atoms with E-state index in [4.69, 9.17) is 14.2 Å². The van der Waals surface area contributed by atoms with Gasteiger partial charge < -0.3 is 19.1 Å². The number of methoxy groups -OCH3 is 3. The highest BCUT2D eigenvalue weighted by molar-refractivity contribution is 5.89. The fourth-order valence-electron chi connectivity index (χ4n) is 4.78.